The van der Waals surface area contributed by atoms with Gasteiger partial charge < -0.3 is 15.1 Å². The van der Waals surface area contributed by atoms with Gasteiger partial charge in [0.1, 0.15) is 0 Å². The van der Waals surface area contributed by atoms with E-state index in [0.717, 1.165) is 19.6 Å². The third-order valence-corrected chi connectivity index (χ3v) is 4.75. The first-order chi connectivity index (χ1) is 9.61. The molecule has 114 valence electrons. The van der Waals surface area contributed by atoms with Crippen molar-refractivity contribution < 1.29 is 0 Å². The number of aromatic nitrogens is 1. The van der Waals surface area contributed by atoms with E-state index in [1.807, 2.05) is 0 Å². The average molecular weight is 296 g/mol. The molecule has 1 saturated heterocycles. The summed E-state index contributed by atoms with van der Waals surface area (Å²) < 4.78 is 0. The fourth-order valence-electron chi connectivity index (χ4n) is 2.77. The summed E-state index contributed by atoms with van der Waals surface area (Å²) in [5.41, 5.74) is 1.19. The third-order valence-electron chi connectivity index (χ3n) is 3.85. The highest BCUT2D eigenvalue weighted by Crippen LogP contribution is 2.30. The van der Waals surface area contributed by atoms with E-state index in [0.29, 0.717) is 12.1 Å². The first-order valence-electron chi connectivity index (χ1n) is 7.72. The van der Waals surface area contributed by atoms with Crippen molar-refractivity contribution in [3.8, 4) is 0 Å². The van der Waals surface area contributed by atoms with Gasteiger partial charge in [0.05, 0.1) is 5.69 Å². The topological polar surface area (TPSA) is 31.4 Å². The number of nitrogens with one attached hydrogen (secondary N) is 1. The molecular formula is C15H28N4S. The predicted octanol–water partition coefficient (Wildman–Crippen LogP) is 2.73. The quantitative estimate of drug-likeness (QED) is 0.838. The van der Waals surface area contributed by atoms with E-state index in [-0.39, 0.29) is 0 Å². The van der Waals surface area contributed by atoms with Gasteiger partial charge in [0, 0.05) is 30.6 Å². The Morgan fingerprint density at radius 1 is 1.55 bits per heavy atom. The van der Waals surface area contributed by atoms with Crippen LogP contribution in [-0.2, 0) is 0 Å². The van der Waals surface area contributed by atoms with Crippen LogP contribution in [0.1, 0.15) is 44.8 Å². The minimum atomic E-state index is 0.356. The first-order valence-corrected chi connectivity index (χ1v) is 8.60. The SMILES string of the molecule is CCCNC(C)c1csc(N2CCCC2CN(C)C)n1. The Hall–Kier alpha value is -0.650. The normalized spacial score (nSPS) is 20.9. The lowest BCUT2D eigenvalue weighted by atomic mass is 10.2. The summed E-state index contributed by atoms with van der Waals surface area (Å²) in [7, 11) is 4.31. The van der Waals surface area contributed by atoms with Crippen LogP contribution in [0.25, 0.3) is 0 Å². The summed E-state index contributed by atoms with van der Waals surface area (Å²) in [5.74, 6) is 0. The van der Waals surface area contributed by atoms with E-state index >= 15 is 0 Å². The molecular weight excluding hydrogens is 268 g/mol. The van der Waals surface area contributed by atoms with Crippen LogP contribution < -0.4 is 10.2 Å². The second kappa shape index (κ2) is 7.38. The van der Waals surface area contributed by atoms with Crippen molar-refractivity contribution in [2.75, 3.05) is 38.6 Å². The lowest BCUT2D eigenvalue weighted by molar-refractivity contribution is 0.372. The molecule has 1 fully saturated rings. The lowest BCUT2D eigenvalue weighted by Crippen LogP contribution is -2.37. The van der Waals surface area contributed by atoms with Crippen molar-refractivity contribution >= 4 is 16.5 Å². The van der Waals surface area contributed by atoms with Gasteiger partial charge in [-0.05, 0) is 46.8 Å². The van der Waals surface area contributed by atoms with Gasteiger partial charge >= 0.3 is 0 Å². The van der Waals surface area contributed by atoms with Gasteiger partial charge in [0.15, 0.2) is 5.13 Å². The number of rotatable bonds is 7. The number of hydrogen-bond acceptors (Lipinski definition) is 5. The molecule has 2 unspecified atom stereocenters. The van der Waals surface area contributed by atoms with Gasteiger partial charge in [-0.1, -0.05) is 6.92 Å². The number of nitrogens with zero attached hydrogens (tertiary/aromatic N) is 3. The molecule has 2 rings (SSSR count). The van der Waals surface area contributed by atoms with E-state index in [1.54, 1.807) is 11.3 Å². The van der Waals surface area contributed by atoms with Crippen molar-refractivity contribution in [3.05, 3.63) is 11.1 Å². The van der Waals surface area contributed by atoms with Crippen LogP contribution in [0.4, 0.5) is 5.13 Å². The van der Waals surface area contributed by atoms with Crippen molar-refractivity contribution in [1.29, 1.82) is 0 Å². The molecule has 2 atom stereocenters. The summed E-state index contributed by atoms with van der Waals surface area (Å²) in [6.45, 7) is 7.74. The van der Waals surface area contributed by atoms with E-state index in [1.165, 1.54) is 30.1 Å². The lowest BCUT2D eigenvalue weighted by Gasteiger charge is -2.26. The highest BCUT2D eigenvalue weighted by molar-refractivity contribution is 7.13. The van der Waals surface area contributed by atoms with Gasteiger partial charge in [-0.25, -0.2) is 4.98 Å². The maximum absolute atomic E-state index is 4.87. The molecule has 1 aliphatic heterocycles. The Balaban J connectivity index is 2.00. The molecule has 0 aromatic carbocycles. The second-order valence-electron chi connectivity index (χ2n) is 5.98. The molecule has 0 aliphatic carbocycles. The van der Waals surface area contributed by atoms with E-state index in [9.17, 15) is 0 Å². The van der Waals surface area contributed by atoms with Crippen LogP contribution in [0.2, 0.25) is 0 Å². The Bertz CT molecular complexity index is 404. The number of thiazole rings is 1. The standard InChI is InChI=1S/C15H28N4S/c1-5-8-16-12(2)14-11-20-15(17-14)19-9-6-7-13(19)10-18(3)4/h11-13,16H,5-10H2,1-4H3. The summed E-state index contributed by atoms with van der Waals surface area (Å²) in [5, 5.41) is 6.93. The largest absolute Gasteiger partial charge is 0.344 e. The molecule has 4 nitrogen and oxygen atoms in total. The first kappa shape index (κ1) is 15.7. The van der Waals surface area contributed by atoms with Crippen LogP contribution in [0.5, 0.6) is 0 Å². The van der Waals surface area contributed by atoms with Gasteiger partial charge in [0.2, 0.25) is 0 Å². The third kappa shape index (κ3) is 3.93. The highest BCUT2D eigenvalue weighted by atomic mass is 32.1. The minimum Gasteiger partial charge on any atom is -0.344 e. The van der Waals surface area contributed by atoms with Crippen LogP contribution >= 0.6 is 11.3 Å². The highest BCUT2D eigenvalue weighted by Gasteiger charge is 2.27. The minimum absolute atomic E-state index is 0.356. The maximum Gasteiger partial charge on any atom is 0.185 e. The molecule has 0 amide bonds. The Morgan fingerprint density at radius 3 is 3.05 bits per heavy atom. The predicted molar refractivity (Wildman–Crippen MR) is 87.7 cm³/mol. The van der Waals surface area contributed by atoms with Gasteiger partial charge in [-0.15, -0.1) is 11.3 Å². The van der Waals surface area contributed by atoms with E-state index in [4.69, 9.17) is 4.98 Å². The fraction of sp³-hybridized carbons (Fsp3) is 0.800. The molecule has 0 bridgehead atoms. The molecule has 0 radical (unpaired) electrons. The molecule has 0 saturated carbocycles. The molecule has 1 N–H and O–H groups in total. The summed E-state index contributed by atoms with van der Waals surface area (Å²) in [6.07, 6.45) is 3.74. The number of anilines is 1. The Kier molecular flexibility index (Phi) is 5.81. The Morgan fingerprint density at radius 2 is 2.35 bits per heavy atom. The maximum atomic E-state index is 4.87. The molecule has 2 heterocycles. The van der Waals surface area contributed by atoms with Crippen molar-refractivity contribution in [2.45, 2.75) is 45.2 Å². The molecule has 1 aromatic rings. The van der Waals surface area contributed by atoms with Crippen molar-refractivity contribution in [3.63, 3.8) is 0 Å². The van der Waals surface area contributed by atoms with Gasteiger partial charge in [-0.2, -0.15) is 0 Å². The second-order valence-corrected chi connectivity index (χ2v) is 6.82. The van der Waals surface area contributed by atoms with Crippen LogP contribution in [0, 0.1) is 0 Å². The summed E-state index contributed by atoms with van der Waals surface area (Å²) >= 11 is 1.80. The van der Waals surface area contributed by atoms with Gasteiger partial charge in [-0.3, -0.25) is 0 Å². The van der Waals surface area contributed by atoms with Crippen molar-refractivity contribution in [2.24, 2.45) is 0 Å². The average Bonchev–Trinajstić information content (AvgIpc) is 3.03. The van der Waals surface area contributed by atoms with Crippen LogP contribution in [0.3, 0.4) is 0 Å². The number of likely N-dealkylation sites (N-methyl/N-ethyl adjacent to an activating group) is 1. The summed E-state index contributed by atoms with van der Waals surface area (Å²) in [6, 6.07) is 0.984. The van der Waals surface area contributed by atoms with E-state index in [2.05, 4.69) is 48.4 Å². The fourth-order valence-corrected chi connectivity index (χ4v) is 3.79. The van der Waals surface area contributed by atoms with E-state index < -0.39 is 0 Å². The summed E-state index contributed by atoms with van der Waals surface area (Å²) in [4.78, 5) is 9.65. The Labute approximate surface area is 127 Å². The van der Waals surface area contributed by atoms with Gasteiger partial charge in [0.25, 0.3) is 0 Å². The van der Waals surface area contributed by atoms with Crippen LogP contribution in [0.15, 0.2) is 5.38 Å². The molecule has 1 aromatic heterocycles. The molecule has 0 spiro atoms. The zero-order valence-electron chi connectivity index (χ0n) is 13.2. The van der Waals surface area contributed by atoms with Crippen LogP contribution in [-0.4, -0.2) is 49.7 Å². The molecule has 20 heavy (non-hydrogen) atoms. The molecule has 5 heteroatoms. The zero-order chi connectivity index (χ0) is 14.5. The monoisotopic (exact) mass is 296 g/mol. The molecule has 1 aliphatic rings. The number of hydrogen-bond donors (Lipinski definition) is 1. The zero-order valence-corrected chi connectivity index (χ0v) is 14.0. The smallest absolute Gasteiger partial charge is 0.185 e. The van der Waals surface area contributed by atoms with Crippen molar-refractivity contribution in [1.82, 2.24) is 15.2 Å².